The van der Waals surface area contributed by atoms with Gasteiger partial charge in [0.05, 0.1) is 19.3 Å². The lowest BCUT2D eigenvalue weighted by Gasteiger charge is -2.20. The zero-order chi connectivity index (χ0) is 45.1. The molecule has 0 spiro atoms. The third-order valence-electron chi connectivity index (χ3n) is 8.88. The van der Waals surface area contributed by atoms with Crippen LogP contribution >= 0.6 is 7.82 Å². The molecule has 0 aliphatic carbocycles. The molecule has 1 unspecified atom stereocenters. The number of esters is 2. The molecule has 0 aromatic rings. The number of aliphatic hydroxyl groups is 1. The van der Waals surface area contributed by atoms with Crippen molar-refractivity contribution >= 4 is 25.7 Å². The number of rotatable bonds is 40. The number of hydrogen-bond acceptors (Lipinski definition) is 10. The number of allylic oxidation sites excluding steroid dienone is 15. The topological polar surface area (TPSA) is 192 Å². The Hall–Kier alpha value is -3.64. The minimum atomic E-state index is -4.76. The van der Waals surface area contributed by atoms with Crippen LogP contribution in [0.1, 0.15) is 149 Å². The first kappa shape index (κ1) is 57.4. The molecular formula is C48H78NO11P. The molecule has 4 atom stereocenters. The molecule has 0 radical (unpaired) electrons. The van der Waals surface area contributed by atoms with Crippen molar-refractivity contribution in [3.05, 3.63) is 97.2 Å². The summed E-state index contributed by atoms with van der Waals surface area (Å²) in [7, 11) is -4.76. The standard InChI is InChI=1S/C48H78NO11P/c1-3-5-7-8-9-10-11-12-13-14-15-16-17-18-22-25-28-31-34-38-46(51)57-40-44(41-58-61(55,56)59-42-45(49)48(53)54)60-47(52)39-35-32-29-26-23-20-19-21-24-27-30-33-37-43(50)36-6-4-2/h9-10,12-13,15-16,18-20,22,24,26-27,29,33,37,43-45,50H,3-8,11,14,17,21,23,25,28,30-32,34-36,38-42,49H2,1-2H3,(H,53,54)(H,55,56)/b10-9-,13-12-,16-15-,20-19-,22-18-,27-24-,29-26-,37-33-/t43-,44-,45+/m1/s1. The number of phosphoric ester groups is 1. The number of carboxylic acids is 1. The van der Waals surface area contributed by atoms with Gasteiger partial charge in [-0.25, -0.2) is 4.57 Å². The smallest absolute Gasteiger partial charge is 0.472 e. The summed E-state index contributed by atoms with van der Waals surface area (Å²) in [6.45, 7) is 2.50. The average molecular weight is 876 g/mol. The van der Waals surface area contributed by atoms with Crippen molar-refractivity contribution < 1.29 is 52.6 Å². The van der Waals surface area contributed by atoms with Gasteiger partial charge in [-0.1, -0.05) is 143 Å². The van der Waals surface area contributed by atoms with E-state index in [1.807, 2.05) is 24.3 Å². The van der Waals surface area contributed by atoms with Gasteiger partial charge in [0.2, 0.25) is 0 Å². The van der Waals surface area contributed by atoms with Gasteiger partial charge in [0.25, 0.3) is 0 Å². The fourth-order valence-corrected chi connectivity index (χ4v) is 6.07. The number of aliphatic carboxylic acids is 1. The van der Waals surface area contributed by atoms with Crippen molar-refractivity contribution in [2.75, 3.05) is 19.8 Å². The number of carbonyl (C=O) groups excluding carboxylic acids is 2. The van der Waals surface area contributed by atoms with Crippen molar-refractivity contribution in [2.45, 2.75) is 167 Å². The monoisotopic (exact) mass is 876 g/mol. The Morgan fingerprint density at radius 3 is 1.56 bits per heavy atom. The van der Waals surface area contributed by atoms with E-state index in [1.54, 1.807) is 0 Å². The number of phosphoric acid groups is 1. The molecule has 0 aromatic carbocycles. The Morgan fingerprint density at radius 1 is 0.574 bits per heavy atom. The van der Waals surface area contributed by atoms with Crippen LogP contribution in [0, 0.1) is 0 Å². The summed E-state index contributed by atoms with van der Waals surface area (Å²) in [6, 6.07) is -1.55. The van der Waals surface area contributed by atoms with E-state index < -0.39 is 57.7 Å². The molecule has 0 aromatic heterocycles. The first-order chi connectivity index (χ1) is 29.5. The van der Waals surface area contributed by atoms with E-state index in [4.69, 9.17) is 24.8 Å². The molecule has 346 valence electrons. The zero-order valence-electron chi connectivity index (χ0n) is 37.1. The summed E-state index contributed by atoms with van der Waals surface area (Å²) in [5, 5.41) is 18.7. The maximum Gasteiger partial charge on any atom is 0.472 e. The van der Waals surface area contributed by atoms with Crippen molar-refractivity contribution in [1.29, 1.82) is 0 Å². The fraction of sp³-hybridized carbons (Fsp3) is 0.604. The van der Waals surface area contributed by atoms with Crippen LogP contribution in [0.5, 0.6) is 0 Å². The van der Waals surface area contributed by atoms with Crippen molar-refractivity contribution in [2.24, 2.45) is 5.73 Å². The second-order valence-electron chi connectivity index (χ2n) is 14.6. The number of hydrogen-bond donors (Lipinski definition) is 4. The molecule has 0 aliphatic rings. The molecule has 0 fully saturated rings. The van der Waals surface area contributed by atoms with Gasteiger partial charge in [-0.15, -0.1) is 0 Å². The molecule has 0 bridgehead atoms. The highest BCUT2D eigenvalue weighted by Crippen LogP contribution is 2.43. The van der Waals surface area contributed by atoms with E-state index in [2.05, 4.69) is 91.3 Å². The van der Waals surface area contributed by atoms with Crippen LogP contribution in [0.25, 0.3) is 0 Å². The lowest BCUT2D eigenvalue weighted by atomic mass is 10.1. The number of unbranched alkanes of at least 4 members (excludes halogenated alkanes) is 8. The minimum absolute atomic E-state index is 0.0552. The number of nitrogens with two attached hydrogens (primary N) is 1. The van der Waals surface area contributed by atoms with Gasteiger partial charge >= 0.3 is 25.7 Å². The van der Waals surface area contributed by atoms with Crippen LogP contribution in [0.2, 0.25) is 0 Å². The molecule has 13 heteroatoms. The maximum absolute atomic E-state index is 12.6. The zero-order valence-corrected chi connectivity index (χ0v) is 38.0. The predicted molar refractivity (Wildman–Crippen MR) is 246 cm³/mol. The van der Waals surface area contributed by atoms with Crippen LogP contribution in [0.4, 0.5) is 0 Å². The van der Waals surface area contributed by atoms with Crippen LogP contribution in [-0.2, 0) is 37.5 Å². The number of carboxylic acid groups (broad SMARTS) is 1. The Bertz CT molecular complexity index is 1420. The quantitative estimate of drug-likeness (QED) is 0.0197. The van der Waals surface area contributed by atoms with E-state index in [1.165, 1.54) is 25.7 Å². The summed E-state index contributed by atoms with van der Waals surface area (Å²) < 4.78 is 32.6. The molecule has 12 nitrogen and oxygen atoms in total. The van der Waals surface area contributed by atoms with E-state index in [0.29, 0.717) is 19.3 Å². The highest BCUT2D eigenvalue weighted by Gasteiger charge is 2.28. The highest BCUT2D eigenvalue weighted by molar-refractivity contribution is 7.47. The van der Waals surface area contributed by atoms with Gasteiger partial charge in [-0.05, 0) is 89.9 Å². The normalized spacial score (nSPS) is 15.1. The number of aliphatic hydroxyl groups excluding tert-OH is 1. The summed E-state index contributed by atoms with van der Waals surface area (Å²) >= 11 is 0. The Kier molecular flexibility index (Phi) is 39.2. The molecule has 0 amide bonds. The van der Waals surface area contributed by atoms with Gasteiger partial charge in [-0.3, -0.25) is 23.4 Å². The Balaban J connectivity index is 4.55. The van der Waals surface area contributed by atoms with Crippen LogP contribution in [0.3, 0.4) is 0 Å². The molecule has 61 heavy (non-hydrogen) atoms. The molecule has 0 saturated heterocycles. The SMILES string of the molecule is CCCCC/C=C\C/C=C\C/C=C\C/C=C\CCCCCC(=O)OC[C@H](COP(=O)(O)OC[C@H](N)C(=O)O)OC(=O)CCC/C=C\C/C=C\C/C=C\C/C=C\[C@H](O)CCCC. The minimum Gasteiger partial charge on any atom is -0.480 e. The van der Waals surface area contributed by atoms with E-state index >= 15 is 0 Å². The Morgan fingerprint density at radius 2 is 1.03 bits per heavy atom. The molecule has 0 aliphatic heterocycles. The first-order valence-electron chi connectivity index (χ1n) is 22.4. The van der Waals surface area contributed by atoms with Crippen LogP contribution in [-0.4, -0.2) is 71.1 Å². The number of carbonyl (C=O) groups is 3. The van der Waals surface area contributed by atoms with E-state index in [9.17, 15) is 28.9 Å². The lowest BCUT2D eigenvalue weighted by Crippen LogP contribution is -2.34. The fourth-order valence-electron chi connectivity index (χ4n) is 5.29. The van der Waals surface area contributed by atoms with Gasteiger partial charge < -0.3 is 30.3 Å². The van der Waals surface area contributed by atoms with Gasteiger partial charge in [-0.2, -0.15) is 0 Å². The number of ether oxygens (including phenoxy) is 2. The van der Waals surface area contributed by atoms with Crippen molar-refractivity contribution in [3.63, 3.8) is 0 Å². The van der Waals surface area contributed by atoms with Crippen molar-refractivity contribution in [1.82, 2.24) is 0 Å². The predicted octanol–water partition coefficient (Wildman–Crippen LogP) is 11.0. The second kappa shape index (κ2) is 41.7. The average Bonchev–Trinajstić information content (AvgIpc) is 3.23. The summed E-state index contributed by atoms with van der Waals surface area (Å²) in [5.74, 6) is -2.53. The molecular weight excluding hydrogens is 797 g/mol. The molecule has 0 heterocycles. The molecule has 0 rings (SSSR count). The van der Waals surface area contributed by atoms with Crippen molar-refractivity contribution in [3.8, 4) is 0 Å². The molecule has 5 N–H and O–H groups in total. The third-order valence-corrected chi connectivity index (χ3v) is 9.83. The Labute approximate surface area is 367 Å². The van der Waals surface area contributed by atoms with E-state index in [0.717, 1.165) is 77.0 Å². The third kappa shape index (κ3) is 41.5. The van der Waals surface area contributed by atoms with Crippen LogP contribution in [0.15, 0.2) is 97.2 Å². The summed E-state index contributed by atoms with van der Waals surface area (Å²) in [4.78, 5) is 46.0. The van der Waals surface area contributed by atoms with Gasteiger partial charge in [0.15, 0.2) is 6.10 Å². The summed E-state index contributed by atoms with van der Waals surface area (Å²) in [5.41, 5.74) is 5.33. The largest absolute Gasteiger partial charge is 0.480 e. The summed E-state index contributed by atoms with van der Waals surface area (Å²) in [6.07, 6.45) is 49.5. The molecule has 0 saturated carbocycles. The lowest BCUT2D eigenvalue weighted by molar-refractivity contribution is -0.161. The van der Waals surface area contributed by atoms with E-state index in [-0.39, 0.29) is 18.9 Å². The highest BCUT2D eigenvalue weighted by atomic mass is 31.2. The maximum atomic E-state index is 12.6. The van der Waals surface area contributed by atoms with Crippen LogP contribution < -0.4 is 5.73 Å². The first-order valence-corrected chi connectivity index (χ1v) is 23.8. The van der Waals surface area contributed by atoms with Gasteiger partial charge in [0.1, 0.15) is 12.6 Å². The van der Waals surface area contributed by atoms with Gasteiger partial charge in [0, 0.05) is 12.8 Å². The second-order valence-corrected chi connectivity index (χ2v) is 16.1.